The van der Waals surface area contributed by atoms with Crippen LogP contribution in [0.25, 0.3) is 0 Å². The molecule has 0 aliphatic heterocycles. The molecule has 0 amide bonds. The first-order valence-corrected chi connectivity index (χ1v) is 11.8. The molecule has 0 aromatic heterocycles. The molecule has 0 bridgehead atoms. The minimum absolute atomic E-state index is 0.0648. The van der Waals surface area contributed by atoms with E-state index >= 15 is 0 Å². The lowest BCUT2D eigenvalue weighted by Crippen LogP contribution is -2.17. The second kappa shape index (κ2) is 10.2. The monoisotopic (exact) mass is 432 g/mol. The smallest absolute Gasteiger partial charge is 0.165 e. The lowest BCUT2D eigenvalue weighted by atomic mass is 9.80. The minimum atomic E-state index is -0.335. The zero-order valence-corrected chi connectivity index (χ0v) is 19.1. The quantitative estimate of drug-likeness (QED) is 0.339. The number of ether oxygens (including phenoxy) is 2. The topological polar surface area (TPSA) is 18.5 Å². The van der Waals surface area contributed by atoms with Gasteiger partial charge in [0.05, 0.1) is 6.10 Å². The molecule has 3 heteroatoms. The molecule has 0 atom stereocenters. The lowest BCUT2D eigenvalue weighted by molar-refractivity contribution is 0.210. The molecule has 0 saturated heterocycles. The summed E-state index contributed by atoms with van der Waals surface area (Å²) in [6, 6.07) is 23.2. The van der Waals surface area contributed by atoms with Crippen molar-refractivity contribution in [2.24, 2.45) is 0 Å². The van der Waals surface area contributed by atoms with Gasteiger partial charge in [0.1, 0.15) is 11.5 Å². The lowest BCUT2D eigenvalue weighted by Gasteiger charge is -2.26. The Labute approximate surface area is 191 Å². The Morgan fingerprint density at radius 3 is 2.31 bits per heavy atom. The largest absolute Gasteiger partial charge is 0.490 e. The molecule has 0 heterocycles. The van der Waals surface area contributed by atoms with Crippen molar-refractivity contribution in [2.45, 2.75) is 70.3 Å². The molecule has 0 radical (unpaired) electrons. The molecule has 0 N–H and O–H groups in total. The summed E-state index contributed by atoms with van der Waals surface area (Å²) in [7, 11) is 0. The van der Waals surface area contributed by atoms with Crippen molar-refractivity contribution in [2.75, 3.05) is 0 Å². The van der Waals surface area contributed by atoms with E-state index in [1.165, 1.54) is 37.3 Å². The highest BCUT2D eigenvalue weighted by Crippen LogP contribution is 2.32. The van der Waals surface area contributed by atoms with Gasteiger partial charge in [0.15, 0.2) is 11.6 Å². The van der Waals surface area contributed by atoms with Gasteiger partial charge >= 0.3 is 0 Å². The van der Waals surface area contributed by atoms with Crippen LogP contribution in [0.1, 0.15) is 63.5 Å². The summed E-state index contributed by atoms with van der Waals surface area (Å²) >= 11 is 0. The number of hydrogen-bond donors (Lipinski definition) is 0. The molecule has 4 rings (SSSR count). The fraction of sp³-hybridized carbons (Fsp3) is 0.379. The standard InChI is InChI=1S/C29H33FO2/c1-29(2,23-15-17-26(18-16-23)31-24-12-6-7-13-24)20-8-9-22-14-19-27(30)28(21-22)32-25-10-4-3-5-11-25/h3-5,10-11,14-19,21,24H,6-9,12-13,20H2,1-2H3. The van der Waals surface area contributed by atoms with Crippen molar-refractivity contribution in [3.63, 3.8) is 0 Å². The molecular formula is C29H33FO2. The highest BCUT2D eigenvalue weighted by Gasteiger charge is 2.21. The van der Waals surface area contributed by atoms with Gasteiger partial charge < -0.3 is 9.47 Å². The minimum Gasteiger partial charge on any atom is -0.490 e. The van der Waals surface area contributed by atoms with Gasteiger partial charge in [-0.25, -0.2) is 4.39 Å². The van der Waals surface area contributed by atoms with Crippen LogP contribution in [0.3, 0.4) is 0 Å². The van der Waals surface area contributed by atoms with Crippen molar-refractivity contribution in [1.29, 1.82) is 0 Å². The molecule has 1 aliphatic rings. The molecule has 1 aliphatic carbocycles. The van der Waals surface area contributed by atoms with Crippen molar-refractivity contribution < 1.29 is 13.9 Å². The molecule has 1 fully saturated rings. The van der Waals surface area contributed by atoms with Crippen LogP contribution in [-0.2, 0) is 11.8 Å². The molecule has 2 nitrogen and oxygen atoms in total. The third kappa shape index (κ3) is 5.91. The van der Waals surface area contributed by atoms with Crippen LogP contribution < -0.4 is 9.47 Å². The Kier molecular flexibility index (Phi) is 7.14. The summed E-state index contributed by atoms with van der Waals surface area (Å²) < 4.78 is 26.1. The van der Waals surface area contributed by atoms with Gasteiger partial charge in [0.25, 0.3) is 0 Å². The second-order valence-electron chi connectivity index (χ2n) is 9.47. The molecule has 0 unspecified atom stereocenters. The van der Waals surface area contributed by atoms with E-state index in [2.05, 4.69) is 38.1 Å². The predicted octanol–water partition coefficient (Wildman–Crippen LogP) is 8.24. The van der Waals surface area contributed by atoms with Gasteiger partial charge in [-0.1, -0.05) is 50.2 Å². The summed E-state index contributed by atoms with van der Waals surface area (Å²) in [4.78, 5) is 0. The summed E-state index contributed by atoms with van der Waals surface area (Å²) in [5.41, 5.74) is 2.48. The fourth-order valence-corrected chi connectivity index (χ4v) is 4.46. The van der Waals surface area contributed by atoms with E-state index < -0.39 is 0 Å². The highest BCUT2D eigenvalue weighted by molar-refractivity contribution is 5.35. The normalized spacial score (nSPS) is 14.5. The van der Waals surface area contributed by atoms with Gasteiger partial charge in [-0.15, -0.1) is 0 Å². The van der Waals surface area contributed by atoms with Crippen LogP contribution >= 0.6 is 0 Å². The van der Waals surface area contributed by atoms with E-state index in [0.29, 0.717) is 11.9 Å². The first-order valence-electron chi connectivity index (χ1n) is 11.8. The summed E-state index contributed by atoms with van der Waals surface area (Å²) in [5.74, 6) is 1.57. The maximum absolute atomic E-state index is 14.2. The molecule has 3 aromatic carbocycles. The number of para-hydroxylation sites is 1. The molecular weight excluding hydrogens is 399 g/mol. The predicted molar refractivity (Wildman–Crippen MR) is 128 cm³/mol. The van der Waals surface area contributed by atoms with Crippen molar-refractivity contribution >= 4 is 0 Å². The SMILES string of the molecule is CC(C)(CCCc1ccc(F)c(Oc2ccccc2)c1)c1ccc(OC2CCCC2)cc1. The maximum atomic E-state index is 14.2. The first kappa shape index (κ1) is 22.4. The average Bonchev–Trinajstić information content (AvgIpc) is 3.30. The van der Waals surface area contributed by atoms with Gasteiger partial charge in [-0.2, -0.15) is 0 Å². The van der Waals surface area contributed by atoms with Gasteiger partial charge in [0, 0.05) is 0 Å². The summed E-state index contributed by atoms with van der Waals surface area (Å²) in [6.45, 7) is 4.57. The molecule has 0 spiro atoms. The van der Waals surface area contributed by atoms with Crippen molar-refractivity contribution in [3.05, 3.63) is 89.7 Å². The van der Waals surface area contributed by atoms with Crippen LogP contribution in [0.15, 0.2) is 72.8 Å². The van der Waals surface area contributed by atoms with E-state index in [0.717, 1.165) is 30.6 Å². The zero-order chi connectivity index (χ0) is 22.4. The maximum Gasteiger partial charge on any atom is 0.165 e. The van der Waals surface area contributed by atoms with Crippen LogP contribution in [0.2, 0.25) is 0 Å². The Morgan fingerprint density at radius 1 is 0.875 bits per heavy atom. The van der Waals surface area contributed by atoms with Crippen molar-refractivity contribution in [1.82, 2.24) is 0 Å². The Balaban J connectivity index is 1.32. The molecule has 3 aromatic rings. The van der Waals surface area contributed by atoms with Gasteiger partial charge in [-0.3, -0.25) is 0 Å². The third-order valence-electron chi connectivity index (χ3n) is 6.47. The third-order valence-corrected chi connectivity index (χ3v) is 6.47. The molecule has 1 saturated carbocycles. The second-order valence-corrected chi connectivity index (χ2v) is 9.47. The number of aryl methyl sites for hydroxylation is 1. The van der Waals surface area contributed by atoms with E-state index in [9.17, 15) is 4.39 Å². The van der Waals surface area contributed by atoms with Crippen molar-refractivity contribution in [3.8, 4) is 17.2 Å². The zero-order valence-electron chi connectivity index (χ0n) is 19.1. The average molecular weight is 433 g/mol. The van der Waals surface area contributed by atoms with Crippen LogP contribution in [0, 0.1) is 5.82 Å². The summed E-state index contributed by atoms with van der Waals surface area (Å²) in [6.07, 6.45) is 8.25. The molecule has 32 heavy (non-hydrogen) atoms. The Bertz CT molecular complexity index is 989. The fourth-order valence-electron chi connectivity index (χ4n) is 4.46. The van der Waals surface area contributed by atoms with Crippen LogP contribution in [0.5, 0.6) is 17.2 Å². The number of halogens is 1. The van der Waals surface area contributed by atoms with Gasteiger partial charge in [0.2, 0.25) is 0 Å². The highest BCUT2D eigenvalue weighted by atomic mass is 19.1. The number of hydrogen-bond acceptors (Lipinski definition) is 2. The van der Waals surface area contributed by atoms with E-state index in [1.807, 2.05) is 42.5 Å². The van der Waals surface area contributed by atoms with E-state index in [-0.39, 0.29) is 17.0 Å². The van der Waals surface area contributed by atoms with E-state index in [4.69, 9.17) is 9.47 Å². The Hall–Kier alpha value is -2.81. The number of rotatable bonds is 9. The summed E-state index contributed by atoms with van der Waals surface area (Å²) in [5, 5.41) is 0. The van der Waals surface area contributed by atoms with Crippen LogP contribution in [-0.4, -0.2) is 6.10 Å². The van der Waals surface area contributed by atoms with E-state index in [1.54, 1.807) is 0 Å². The van der Waals surface area contributed by atoms with Crippen LogP contribution in [0.4, 0.5) is 4.39 Å². The van der Waals surface area contributed by atoms with Gasteiger partial charge in [-0.05, 0) is 97.9 Å². The number of benzene rings is 3. The first-order chi connectivity index (χ1) is 15.5. The Morgan fingerprint density at radius 2 is 1.59 bits per heavy atom. The molecule has 168 valence electrons.